The number of nitrogens with zero attached hydrogens (tertiary/aromatic N) is 5. The molecule has 2 aromatic heterocycles. The molecule has 2 aliphatic heterocycles. The topological polar surface area (TPSA) is 82.0 Å². The number of hydrogen-bond donors (Lipinski definition) is 1. The molecule has 0 radical (unpaired) electrons. The maximum Gasteiger partial charge on any atom is 0.220 e. The van der Waals surface area contributed by atoms with E-state index in [-0.39, 0.29) is 23.7 Å². The summed E-state index contributed by atoms with van der Waals surface area (Å²) in [6.07, 6.45) is 0. The van der Waals surface area contributed by atoms with Crippen LogP contribution in [0.15, 0.2) is 30.3 Å². The molecule has 8 nitrogen and oxygen atoms in total. The van der Waals surface area contributed by atoms with Crippen LogP contribution in [0.3, 0.4) is 0 Å². The number of carbonyl (C=O) groups excluding carboxylic acids is 1. The van der Waals surface area contributed by atoms with E-state index < -0.39 is 0 Å². The highest BCUT2D eigenvalue weighted by Crippen LogP contribution is 2.35. The van der Waals surface area contributed by atoms with Crippen molar-refractivity contribution in [1.82, 2.24) is 19.8 Å². The Kier molecular flexibility index (Phi) is 6.42. The number of aromatic nitrogens is 2. The van der Waals surface area contributed by atoms with Gasteiger partial charge in [-0.05, 0) is 32.0 Å². The summed E-state index contributed by atoms with van der Waals surface area (Å²) in [5.41, 5.74) is 1.73. The van der Waals surface area contributed by atoms with Crippen LogP contribution in [-0.2, 0) is 16.1 Å². The SMILES string of the molecule is CC(=O)N1[C@H](C)CN(Cc2cc3nc(-c4cccc(O)c4)nc(N4CCOCC4)c3s2)C[C@@H]1C. The van der Waals surface area contributed by atoms with Crippen LogP contribution in [0.2, 0.25) is 0 Å². The zero-order valence-corrected chi connectivity index (χ0v) is 20.7. The average Bonchev–Trinajstić information content (AvgIpc) is 3.20. The van der Waals surface area contributed by atoms with E-state index in [1.165, 1.54) is 4.88 Å². The molecular weight excluding hydrogens is 450 g/mol. The molecule has 5 rings (SSSR count). The molecule has 2 fully saturated rings. The molecule has 34 heavy (non-hydrogen) atoms. The van der Waals surface area contributed by atoms with Gasteiger partial charge in [-0.3, -0.25) is 9.69 Å². The van der Waals surface area contributed by atoms with Gasteiger partial charge in [0, 0.05) is 62.2 Å². The van der Waals surface area contributed by atoms with Gasteiger partial charge in [-0.15, -0.1) is 11.3 Å². The molecule has 2 aliphatic rings. The molecule has 0 spiro atoms. The predicted molar refractivity (Wildman–Crippen MR) is 134 cm³/mol. The number of anilines is 1. The van der Waals surface area contributed by atoms with Crippen molar-refractivity contribution in [2.75, 3.05) is 44.3 Å². The van der Waals surface area contributed by atoms with Gasteiger partial charge in [0.15, 0.2) is 11.6 Å². The summed E-state index contributed by atoms with van der Waals surface area (Å²) >= 11 is 1.75. The third-order valence-corrected chi connectivity index (χ3v) is 7.66. The van der Waals surface area contributed by atoms with E-state index in [0.29, 0.717) is 19.0 Å². The van der Waals surface area contributed by atoms with Crippen LogP contribution in [-0.4, -0.2) is 82.3 Å². The van der Waals surface area contributed by atoms with E-state index in [0.717, 1.165) is 54.3 Å². The van der Waals surface area contributed by atoms with Gasteiger partial charge in [0.05, 0.1) is 23.4 Å². The van der Waals surface area contributed by atoms with Crippen molar-refractivity contribution in [3.63, 3.8) is 0 Å². The third-order valence-electron chi connectivity index (χ3n) is 6.56. The average molecular weight is 482 g/mol. The van der Waals surface area contributed by atoms with Gasteiger partial charge in [-0.2, -0.15) is 0 Å². The monoisotopic (exact) mass is 481 g/mol. The maximum atomic E-state index is 12.0. The molecule has 0 bridgehead atoms. The Balaban J connectivity index is 1.48. The van der Waals surface area contributed by atoms with Crippen molar-refractivity contribution in [3.05, 3.63) is 35.2 Å². The number of hydrogen-bond acceptors (Lipinski definition) is 8. The minimum Gasteiger partial charge on any atom is -0.508 e. The summed E-state index contributed by atoms with van der Waals surface area (Å²) in [5, 5.41) is 9.98. The second-order valence-corrected chi connectivity index (χ2v) is 10.4. The highest BCUT2D eigenvalue weighted by atomic mass is 32.1. The summed E-state index contributed by atoms with van der Waals surface area (Å²) in [6.45, 7) is 11.4. The molecule has 180 valence electrons. The van der Waals surface area contributed by atoms with Crippen molar-refractivity contribution in [1.29, 1.82) is 0 Å². The molecule has 2 atom stereocenters. The van der Waals surface area contributed by atoms with Gasteiger partial charge < -0.3 is 19.6 Å². The lowest BCUT2D eigenvalue weighted by Gasteiger charge is -2.44. The minimum atomic E-state index is 0.145. The Hall–Kier alpha value is -2.75. The lowest BCUT2D eigenvalue weighted by Crippen LogP contribution is -2.57. The fourth-order valence-corrected chi connectivity index (χ4v) is 6.36. The number of ether oxygens (including phenoxy) is 1. The second kappa shape index (κ2) is 9.48. The van der Waals surface area contributed by atoms with E-state index in [9.17, 15) is 9.90 Å². The van der Waals surface area contributed by atoms with Gasteiger partial charge in [0.2, 0.25) is 5.91 Å². The first-order chi connectivity index (χ1) is 16.4. The lowest BCUT2D eigenvalue weighted by molar-refractivity contribution is -0.136. The first-order valence-electron chi connectivity index (χ1n) is 11.8. The van der Waals surface area contributed by atoms with Crippen molar-refractivity contribution in [2.45, 2.75) is 39.4 Å². The molecule has 3 aromatic rings. The molecule has 4 heterocycles. The number of piperazine rings is 1. The number of carbonyl (C=O) groups is 1. The van der Waals surface area contributed by atoms with E-state index in [1.54, 1.807) is 30.4 Å². The van der Waals surface area contributed by atoms with Crippen molar-refractivity contribution in [2.24, 2.45) is 0 Å². The Morgan fingerprint density at radius 3 is 2.56 bits per heavy atom. The molecule has 1 N–H and O–H groups in total. The van der Waals surface area contributed by atoms with E-state index in [1.807, 2.05) is 17.0 Å². The predicted octanol–water partition coefficient (Wildman–Crippen LogP) is 3.34. The van der Waals surface area contributed by atoms with Gasteiger partial charge in [-0.1, -0.05) is 12.1 Å². The summed E-state index contributed by atoms with van der Waals surface area (Å²) in [4.78, 5) is 29.8. The fraction of sp³-hybridized carbons (Fsp3) is 0.480. The zero-order chi connectivity index (χ0) is 23.8. The fourth-order valence-electron chi connectivity index (χ4n) is 5.21. The van der Waals surface area contributed by atoms with Crippen LogP contribution in [0.1, 0.15) is 25.6 Å². The molecular formula is C25H31N5O3S. The number of rotatable bonds is 4. The van der Waals surface area contributed by atoms with Crippen LogP contribution < -0.4 is 4.90 Å². The normalized spacial score (nSPS) is 21.9. The van der Waals surface area contributed by atoms with Gasteiger partial charge in [0.25, 0.3) is 0 Å². The Labute approximate surface area is 203 Å². The molecule has 9 heteroatoms. The quantitative estimate of drug-likeness (QED) is 0.612. The lowest BCUT2D eigenvalue weighted by atomic mass is 10.1. The largest absolute Gasteiger partial charge is 0.508 e. The van der Waals surface area contributed by atoms with Crippen molar-refractivity contribution in [3.8, 4) is 17.1 Å². The second-order valence-electron chi connectivity index (χ2n) is 9.27. The van der Waals surface area contributed by atoms with Crippen LogP contribution in [0.25, 0.3) is 21.6 Å². The Morgan fingerprint density at radius 2 is 1.88 bits per heavy atom. The number of aromatic hydroxyl groups is 1. The maximum absolute atomic E-state index is 12.0. The van der Waals surface area contributed by atoms with Crippen LogP contribution >= 0.6 is 11.3 Å². The Bertz CT molecular complexity index is 1180. The van der Waals surface area contributed by atoms with E-state index in [4.69, 9.17) is 14.7 Å². The van der Waals surface area contributed by atoms with Gasteiger partial charge in [0.1, 0.15) is 5.75 Å². The first kappa shape index (κ1) is 23.0. The summed E-state index contributed by atoms with van der Waals surface area (Å²) in [6, 6.07) is 9.65. The number of phenolic OH excluding ortho intramolecular Hbond substituents is 1. The van der Waals surface area contributed by atoms with Gasteiger partial charge >= 0.3 is 0 Å². The molecule has 0 unspecified atom stereocenters. The number of amides is 1. The molecule has 2 saturated heterocycles. The Morgan fingerprint density at radius 1 is 1.15 bits per heavy atom. The molecule has 0 aliphatic carbocycles. The van der Waals surface area contributed by atoms with Crippen LogP contribution in [0.4, 0.5) is 5.82 Å². The number of phenols is 1. The highest BCUT2D eigenvalue weighted by Gasteiger charge is 2.31. The number of morpholine rings is 1. The summed E-state index contributed by atoms with van der Waals surface area (Å²) in [7, 11) is 0. The number of benzene rings is 1. The minimum absolute atomic E-state index is 0.145. The summed E-state index contributed by atoms with van der Waals surface area (Å²) in [5.74, 6) is 1.90. The standard InChI is InChI=1S/C25H31N5O3S/c1-16-13-28(14-17(2)30(16)18(3)31)15-21-12-22-23(34-21)25(29-7-9-33-10-8-29)27-24(26-22)19-5-4-6-20(32)11-19/h4-6,11-12,16-17,32H,7-10,13-15H2,1-3H3/t16-,17+. The van der Waals surface area contributed by atoms with E-state index in [2.05, 4.69) is 29.7 Å². The van der Waals surface area contributed by atoms with E-state index >= 15 is 0 Å². The molecule has 0 saturated carbocycles. The smallest absolute Gasteiger partial charge is 0.220 e. The molecule has 1 amide bonds. The van der Waals surface area contributed by atoms with Gasteiger partial charge in [-0.25, -0.2) is 9.97 Å². The molecule has 1 aromatic carbocycles. The van der Waals surface area contributed by atoms with Crippen LogP contribution in [0, 0.1) is 0 Å². The number of fused-ring (bicyclic) bond motifs is 1. The third kappa shape index (κ3) is 4.60. The summed E-state index contributed by atoms with van der Waals surface area (Å²) < 4.78 is 6.65. The van der Waals surface area contributed by atoms with Crippen LogP contribution in [0.5, 0.6) is 5.75 Å². The first-order valence-corrected chi connectivity index (χ1v) is 12.6. The highest BCUT2D eigenvalue weighted by molar-refractivity contribution is 7.19. The number of thiophene rings is 1. The van der Waals surface area contributed by atoms with Crippen molar-refractivity contribution >= 4 is 33.3 Å². The van der Waals surface area contributed by atoms with Crippen molar-refractivity contribution < 1.29 is 14.6 Å². The zero-order valence-electron chi connectivity index (χ0n) is 19.9.